The van der Waals surface area contributed by atoms with Gasteiger partial charge < -0.3 is 0 Å². The van der Waals surface area contributed by atoms with Crippen molar-refractivity contribution in [3.8, 4) is 67.5 Å². The van der Waals surface area contributed by atoms with Crippen LogP contribution < -0.4 is 0 Å². The van der Waals surface area contributed by atoms with Gasteiger partial charge in [0.2, 0.25) is 0 Å². The molecule has 3 nitrogen and oxygen atoms in total. The van der Waals surface area contributed by atoms with Crippen molar-refractivity contribution in [3.05, 3.63) is 188 Å². The van der Waals surface area contributed by atoms with Gasteiger partial charge in [0.05, 0.1) is 6.85 Å². The first-order valence-corrected chi connectivity index (χ1v) is 16.4. The summed E-state index contributed by atoms with van der Waals surface area (Å²) in [6, 6.07) is 51.4. The van der Waals surface area contributed by atoms with Gasteiger partial charge in [-0.15, -0.1) is 0 Å². The average Bonchev–Trinajstić information content (AvgIpc) is 3.25. The average molecular weight is 643 g/mol. The van der Waals surface area contributed by atoms with E-state index in [1.54, 1.807) is 6.07 Å². The smallest absolute Gasteiger partial charge is 0.164 e. The molecule has 50 heavy (non-hydrogen) atoms. The molecule has 0 atom stereocenters. The zero-order valence-corrected chi connectivity index (χ0v) is 26.9. The number of hydrogen-bond acceptors (Lipinski definition) is 3. The van der Waals surface area contributed by atoms with Crippen molar-refractivity contribution in [2.45, 2.75) is 0 Å². The van der Waals surface area contributed by atoms with Crippen LogP contribution in [-0.2, 0) is 0 Å². The van der Waals surface area contributed by atoms with Gasteiger partial charge >= 0.3 is 0 Å². The second-order valence-corrected chi connectivity index (χ2v) is 12.1. The summed E-state index contributed by atoms with van der Waals surface area (Å²) in [5.41, 5.74) is 7.78. The maximum Gasteiger partial charge on any atom is 0.164 e. The van der Waals surface area contributed by atoms with Gasteiger partial charge in [-0.3, -0.25) is 0 Å². The molecule has 3 heteroatoms. The number of hydrogen-bond donors (Lipinski definition) is 0. The fourth-order valence-electron chi connectivity index (χ4n) is 6.53. The molecule has 0 bridgehead atoms. The maximum absolute atomic E-state index is 8.45. The van der Waals surface area contributed by atoms with Crippen molar-refractivity contribution in [2.75, 3.05) is 0 Å². The van der Waals surface area contributed by atoms with E-state index in [-0.39, 0.29) is 29.7 Å². The van der Waals surface area contributed by atoms with E-state index >= 15 is 0 Å². The Balaban J connectivity index is 1.14. The first-order chi connectivity index (χ1) is 26.8. The van der Waals surface area contributed by atoms with Crippen LogP contribution in [0.4, 0.5) is 0 Å². The van der Waals surface area contributed by atoms with Crippen LogP contribution in [0.3, 0.4) is 0 Å². The molecule has 9 aromatic rings. The standard InChI is InChI=1S/C47H31N3/c1-4-13-32(14-5-1)35-23-24-37-30-40(26-25-36(37)29-35)47-49-45(34-17-8-3-9-18-34)48-46(50-47)39-20-12-19-38(31-39)42-28-27-41(33-15-6-2-7-16-33)43-21-10-11-22-44(42)43/h1-31H/i1D,4D,5D,13D,14D. The Morgan fingerprint density at radius 2 is 0.800 bits per heavy atom. The summed E-state index contributed by atoms with van der Waals surface area (Å²) in [5, 5.41) is 4.09. The van der Waals surface area contributed by atoms with Gasteiger partial charge in [-0.2, -0.15) is 0 Å². The minimum absolute atomic E-state index is 0.175. The van der Waals surface area contributed by atoms with Crippen molar-refractivity contribution in [2.24, 2.45) is 0 Å². The van der Waals surface area contributed by atoms with Crippen LogP contribution in [0.2, 0.25) is 0 Å². The van der Waals surface area contributed by atoms with Gasteiger partial charge in [0.15, 0.2) is 17.5 Å². The minimum atomic E-state index is -0.409. The van der Waals surface area contributed by atoms with Gasteiger partial charge in [-0.1, -0.05) is 170 Å². The Kier molecular flexibility index (Phi) is 6.22. The molecule has 234 valence electrons. The second-order valence-electron chi connectivity index (χ2n) is 12.1. The van der Waals surface area contributed by atoms with Crippen molar-refractivity contribution < 1.29 is 6.85 Å². The van der Waals surface area contributed by atoms with Crippen LogP contribution in [0.25, 0.3) is 89.1 Å². The van der Waals surface area contributed by atoms with Gasteiger partial charge in [0.1, 0.15) is 0 Å². The van der Waals surface area contributed by atoms with Crippen molar-refractivity contribution in [3.63, 3.8) is 0 Å². The summed E-state index contributed by atoms with van der Waals surface area (Å²) in [5.74, 6) is 1.62. The largest absolute Gasteiger partial charge is 0.208 e. The van der Waals surface area contributed by atoms with Crippen LogP contribution in [0.15, 0.2) is 188 Å². The number of aromatic nitrogens is 3. The third-order valence-corrected chi connectivity index (χ3v) is 9.00. The number of benzene rings is 8. The Hall–Kier alpha value is -6.71. The van der Waals surface area contributed by atoms with Crippen molar-refractivity contribution >= 4 is 21.5 Å². The molecule has 0 aliphatic carbocycles. The maximum atomic E-state index is 8.45. The minimum Gasteiger partial charge on any atom is -0.208 e. The summed E-state index contributed by atoms with van der Waals surface area (Å²) in [4.78, 5) is 15.0. The number of fused-ring (bicyclic) bond motifs is 2. The molecule has 1 aromatic heterocycles. The summed E-state index contributed by atoms with van der Waals surface area (Å²) >= 11 is 0. The van der Waals surface area contributed by atoms with Crippen LogP contribution in [0.1, 0.15) is 6.85 Å². The summed E-state index contributed by atoms with van der Waals surface area (Å²) < 4.78 is 41.1. The lowest BCUT2D eigenvalue weighted by Gasteiger charge is -2.13. The Labute approximate surface area is 298 Å². The fourth-order valence-corrected chi connectivity index (χ4v) is 6.53. The molecule has 0 aliphatic heterocycles. The van der Waals surface area contributed by atoms with Crippen LogP contribution in [0, 0.1) is 0 Å². The van der Waals surface area contributed by atoms with E-state index in [4.69, 9.17) is 21.8 Å². The molecule has 8 aromatic carbocycles. The Bertz CT molecular complexity index is 2900. The van der Waals surface area contributed by atoms with Gasteiger partial charge in [0.25, 0.3) is 0 Å². The van der Waals surface area contributed by atoms with Crippen molar-refractivity contribution in [1.29, 1.82) is 0 Å². The molecule has 9 rings (SSSR count). The van der Waals surface area contributed by atoms with Gasteiger partial charge in [-0.05, 0) is 73.1 Å². The molecule has 1 heterocycles. The predicted molar refractivity (Wildman–Crippen MR) is 207 cm³/mol. The second kappa shape index (κ2) is 12.7. The molecular weight excluding hydrogens is 607 g/mol. The van der Waals surface area contributed by atoms with E-state index in [0.717, 1.165) is 44.0 Å². The number of rotatable bonds is 6. The molecule has 0 spiro atoms. The predicted octanol–water partition coefficient (Wildman–Crippen LogP) is 12.2. The molecule has 0 aliphatic rings. The highest BCUT2D eigenvalue weighted by Crippen LogP contribution is 2.37. The van der Waals surface area contributed by atoms with E-state index in [1.165, 1.54) is 16.5 Å². The van der Waals surface area contributed by atoms with E-state index in [1.807, 2.05) is 78.9 Å². The highest BCUT2D eigenvalue weighted by molar-refractivity contribution is 6.05. The summed E-state index contributed by atoms with van der Waals surface area (Å²) in [6.45, 7) is 0. The summed E-state index contributed by atoms with van der Waals surface area (Å²) in [7, 11) is 0. The van der Waals surface area contributed by atoms with Crippen LogP contribution in [-0.4, -0.2) is 15.0 Å². The van der Waals surface area contributed by atoms with Gasteiger partial charge in [0, 0.05) is 16.7 Å². The molecule has 0 fully saturated rings. The van der Waals surface area contributed by atoms with Crippen molar-refractivity contribution in [1.82, 2.24) is 15.0 Å². The van der Waals surface area contributed by atoms with Crippen LogP contribution >= 0.6 is 0 Å². The Morgan fingerprint density at radius 1 is 0.320 bits per heavy atom. The highest BCUT2D eigenvalue weighted by Gasteiger charge is 2.15. The summed E-state index contributed by atoms with van der Waals surface area (Å²) in [6.07, 6.45) is 0. The third kappa shape index (κ3) is 5.61. The SMILES string of the molecule is [2H]c1c([2H])c([2H])c(-c2ccc3cc(-c4nc(-c5ccccc5)nc(-c5cccc(-c6ccc(-c7ccccc7)c7ccccc67)c5)n4)ccc3c2)c([2H])c1[2H]. The molecule has 0 unspecified atom stereocenters. The lowest BCUT2D eigenvalue weighted by Crippen LogP contribution is -2.00. The lowest BCUT2D eigenvalue weighted by molar-refractivity contribution is 1.07. The molecular formula is C47H31N3. The number of nitrogens with zero attached hydrogens (tertiary/aromatic N) is 3. The van der Waals surface area contributed by atoms with E-state index in [2.05, 4.69) is 72.8 Å². The first kappa shape index (κ1) is 24.4. The molecule has 0 radical (unpaired) electrons. The first-order valence-electron chi connectivity index (χ1n) is 18.9. The zero-order chi connectivity index (χ0) is 37.6. The molecule has 0 saturated heterocycles. The third-order valence-electron chi connectivity index (χ3n) is 9.00. The van der Waals surface area contributed by atoms with Crippen LogP contribution in [0.5, 0.6) is 0 Å². The molecule has 0 amide bonds. The Morgan fingerprint density at radius 3 is 1.46 bits per heavy atom. The van der Waals surface area contributed by atoms with E-state index < -0.39 is 6.04 Å². The van der Waals surface area contributed by atoms with E-state index in [9.17, 15) is 0 Å². The quantitative estimate of drug-likeness (QED) is 0.181. The van der Waals surface area contributed by atoms with Gasteiger partial charge in [-0.25, -0.2) is 15.0 Å². The fraction of sp³-hybridized carbons (Fsp3) is 0. The van der Waals surface area contributed by atoms with E-state index in [0.29, 0.717) is 23.0 Å². The molecule has 0 N–H and O–H groups in total. The zero-order valence-electron chi connectivity index (χ0n) is 31.9. The topological polar surface area (TPSA) is 38.7 Å². The monoisotopic (exact) mass is 642 g/mol. The molecule has 0 saturated carbocycles. The highest BCUT2D eigenvalue weighted by atomic mass is 15.0. The lowest BCUT2D eigenvalue weighted by atomic mass is 9.91. The normalized spacial score (nSPS) is 12.6.